The molecule has 0 aliphatic carbocycles. The molecule has 0 saturated carbocycles. The maximum absolute atomic E-state index is 11.1. The van der Waals surface area contributed by atoms with Gasteiger partial charge in [0, 0.05) is 22.3 Å². The van der Waals surface area contributed by atoms with Crippen molar-refractivity contribution in [3.05, 3.63) is 57.8 Å². The van der Waals surface area contributed by atoms with Gasteiger partial charge in [0.2, 0.25) is 5.91 Å². The molecular formula is C18H25ClN2O2S. The van der Waals surface area contributed by atoms with Crippen molar-refractivity contribution in [2.24, 2.45) is 5.73 Å². The number of aliphatic hydroxyl groups excluding tert-OH is 1. The van der Waals surface area contributed by atoms with E-state index in [9.17, 15) is 9.90 Å². The van der Waals surface area contributed by atoms with Crippen molar-refractivity contribution in [2.45, 2.75) is 44.9 Å². The van der Waals surface area contributed by atoms with Gasteiger partial charge in [-0.3, -0.25) is 4.79 Å². The molecule has 24 heavy (non-hydrogen) atoms. The fraction of sp³-hybridized carbons (Fsp3) is 0.389. The molecule has 1 amide bonds. The van der Waals surface area contributed by atoms with Gasteiger partial charge in [-0.25, -0.2) is 0 Å². The third-order valence-corrected chi connectivity index (χ3v) is 4.93. The lowest BCUT2D eigenvalue weighted by Gasteiger charge is -2.24. The van der Waals surface area contributed by atoms with Crippen molar-refractivity contribution in [3.63, 3.8) is 0 Å². The molecule has 6 heteroatoms. The van der Waals surface area contributed by atoms with Crippen molar-refractivity contribution >= 4 is 29.7 Å². The number of thiophene rings is 1. The van der Waals surface area contributed by atoms with E-state index in [1.165, 1.54) is 16.9 Å². The fourth-order valence-corrected chi connectivity index (χ4v) is 3.52. The minimum atomic E-state index is -0.646. The number of hydrogen-bond donors (Lipinski definition) is 3. The molecule has 3 unspecified atom stereocenters. The topological polar surface area (TPSA) is 75.3 Å². The number of hydrogen-bond acceptors (Lipinski definition) is 4. The van der Waals surface area contributed by atoms with E-state index >= 15 is 0 Å². The third kappa shape index (κ3) is 5.91. The molecule has 1 aromatic heterocycles. The number of nitrogens with one attached hydrogen (secondary N) is 1. The number of benzene rings is 1. The highest BCUT2D eigenvalue weighted by Gasteiger charge is 2.20. The Bertz CT molecular complexity index is 633. The summed E-state index contributed by atoms with van der Waals surface area (Å²) < 4.78 is 0. The zero-order chi connectivity index (χ0) is 16.8. The summed E-state index contributed by atoms with van der Waals surface area (Å²) in [5.41, 5.74) is 7.02. The molecule has 4 nitrogen and oxygen atoms in total. The quantitative estimate of drug-likeness (QED) is 0.669. The summed E-state index contributed by atoms with van der Waals surface area (Å²) >= 11 is 1.36. The highest BCUT2D eigenvalue weighted by molar-refractivity contribution is 7.10. The van der Waals surface area contributed by atoms with Crippen LogP contribution in [0.15, 0.2) is 41.8 Å². The Balaban J connectivity index is 0.00000288. The molecule has 0 saturated heterocycles. The molecule has 0 spiro atoms. The lowest BCUT2D eigenvalue weighted by atomic mass is 10.0. The fourth-order valence-electron chi connectivity index (χ4n) is 2.53. The molecule has 0 bridgehead atoms. The number of carbonyl (C=O) groups excluding carboxylic acids is 1. The van der Waals surface area contributed by atoms with Crippen molar-refractivity contribution < 1.29 is 9.90 Å². The van der Waals surface area contributed by atoms with Crippen LogP contribution in [0.2, 0.25) is 0 Å². The first-order valence-electron chi connectivity index (χ1n) is 7.83. The van der Waals surface area contributed by atoms with E-state index in [2.05, 4.69) is 24.4 Å². The zero-order valence-electron chi connectivity index (χ0n) is 13.9. The van der Waals surface area contributed by atoms with Gasteiger partial charge < -0.3 is 16.2 Å². The predicted molar refractivity (Wildman–Crippen MR) is 102 cm³/mol. The van der Waals surface area contributed by atoms with Gasteiger partial charge in [0.25, 0.3) is 0 Å². The number of halogens is 1. The van der Waals surface area contributed by atoms with E-state index in [0.29, 0.717) is 5.56 Å². The minimum absolute atomic E-state index is 0. The first kappa shape index (κ1) is 20.6. The molecule has 3 atom stereocenters. The highest BCUT2D eigenvalue weighted by atomic mass is 35.5. The van der Waals surface area contributed by atoms with Gasteiger partial charge in [0.15, 0.2) is 0 Å². The first-order valence-corrected chi connectivity index (χ1v) is 8.71. The largest absolute Gasteiger partial charge is 0.386 e. The highest BCUT2D eigenvalue weighted by Crippen LogP contribution is 2.25. The van der Waals surface area contributed by atoms with Gasteiger partial charge >= 0.3 is 0 Å². The van der Waals surface area contributed by atoms with E-state index in [1.54, 1.807) is 11.4 Å². The summed E-state index contributed by atoms with van der Waals surface area (Å²) in [6.45, 7) is 4.07. The van der Waals surface area contributed by atoms with E-state index < -0.39 is 12.0 Å². The van der Waals surface area contributed by atoms with Gasteiger partial charge in [-0.15, -0.1) is 23.7 Å². The number of amides is 1. The van der Waals surface area contributed by atoms with Crippen molar-refractivity contribution in [1.82, 2.24) is 5.32 Å². The van der Waals surface area contributed by atoms with Crippen LogP contribution in [0.1, 0.15) is 47.2 Å². The summed E-state index contributed by atoms with van der Waals surface area (Å²) in [6, 6.07) is 12.2. The van der Waals surface area contributed by atoms with Crippen molar-refractivity contribution in [2.75, 3.05) is 0 Å². The van der Waals surface area contributed by atoms with E-state index in [4.69, 9.17) is 5.73 Å². The van der Waals surface area contributed by atoms with E-state index in [0.717, 1.165) is 17.7 Å². The summed E-state index contributed by atoms with van der Waals surface area (Å²) in [5, 5.41) is 15.5. The monoisotopic (exact) mass is 368 g/mol. The Morgan fingerprint density at radius 3 is 2.54 bits per heavy atom. The number of aryl methyl sites for hydroxylation is 1. The normalized spacial score (nSPS) is 14.5. The molecule has 0 radical (unpaired) electrons. The van der Waals surface area contributed by atoms with E-state index in [1.807, 2.05) is 25.1 Å². The summed E-state index contributed by atoms with van der Waals surface area (Å²) in [5.74, 6) is -0.462. The Labute approximate surface area is 153 Å². The van der Waals surface area contributed by atoms with Crippen LogP contribution in [0.3, 0.4) is 0 Å². The number of aliphatic hydroxyl groups is 1. The number of carbonyl (C=O) groups is 1. The molecule has 2 aromatic rings. The van der Waals surface area contributed by atoms with Gasteiger partial charge in [-0.05, 0) is 38.3 Å². The summed E-state index contributed by atoms with van der Waals surface area (Å²) in [4.78, 5) is 11.9. The van der Waals surface area contributed by atoms with E-state index in [-0.39, 0.29) is 24.5 Å². The van der Waals surface area contributed by atoms with Crippen LogP contribution in [0.25, 0.3) is 0 Å². The molecule has 0 aliphatic heterocycles. The molecule has 2 rings (SSSR count). The Hall–Kier alpha value is -1.40. The molecular weight excluding hydrogens is 344 g/mol. The maximum Gasteiger partial charge on any atom is 0.249 e. The second kappa shape index (κ2) is 9.79. The van der Waals surface area contributed by atoms with Crippen molar-refractivity contribution in [3.8, 4) is 0 Å². The predicted octanol–water partition coefficient (Wildman–Crippen LogP) is 3.30. The average Bonchev–Trinajstić information content (AvgIpc) is 3.03. The molecule has 1 aromatic carbocycles. The van der Waals surface area contributed by atoms with Crippen LogP contribution in [0.5, 0.6) is 0 Å². The molecule has 132 valence electrons. The van der Waals surface area contributed by atoms with Crippen LogP contribution in [-0.4, -0.2) is 23.1 Å². The minimum Gasteiger partial charge on any atom is -0.386 e. The molecule has 0 fully saturated rings. The zero-order valence-corrected chi connectivity index (χ0v) is 15.6. The summed E-state index contributed by atoms with van der Waals surface area (Å²) in [6.07, 6.45) is 1.35. The van der Waals surface area contributed by atoms with Gasteiger partial charge in [-0.1, -0.05) is 30.3 Å². The van der Waals surface area contributed by atoms with Gasteiger partial charge in [0.05, 0.1) is 5.56 Å². The average molecular weight is 369 g/mol. The third-order valence-electron chi connectivity index (χ3n) is 3.93. The standard InChI is InChI=1S/C18H24N2O2S.ClH/c1-12(8-9-14-6-4-3-5-7-14)20-13(2)17(21)16-10-15(11-23-16)18(19)22;/h3-7,10-13,17,20-21H,8-9H2,1-2H3,(H2,19,22);1H. The molecule has 4 N–H and O–H groups in total. The second-order valence-corrected chi connectivity index (χ2v) is 6.87. The SMILES string of the molecule is CC(CCc1ccccc1)NC(C)C(O)c1cc(C(N)=O)cs1.Cl. The lowest BCUT2D eigenvalue weighted by Crippen LogP contribution is -2.38. The summed E-state index contributed by atoms with van der Waals surface area (Å²) in [7, 11) is 0. The van der Waals surface area contributed by atoms with Crippen molar-refractivity contribution in [1.29, 1.82) is 0 Å². The number of rotatable bonds is 8. The Morgan fingerprint density at radius 2 is 1.96 bits per heavy atom. The van der Waals surface area contributed by atoms with Gasteiger partial charge in [0.1, 0.15) is 6.10 Å². The van der Waals surface area contributed by atoms with Gasteiger partial charge in [-0.2, -0.15) is 0 Å². The van der Waals surface area contributed by atoms with Crippen LogP contribution in [-0.2, 0) is 6.42 Å². The Morgan fingerprint density at radius 1 is 1.29 bits per heavy atom. The maximum atomic E-state index is 11.1. The lowest BCUT2D eigenvalue weighted by molar-refractivity contribution is 0.1000. The number of primary amides is 1. The van der Waals surface area contributed by atoms with Crippen LogP contribution < -0.4 is 11.1 Å². The van der Waals surface area contributed by atoms with Crippen LogP contribution in [0, 0.1) is 0 Å². The second-order valence-electron chi connectivity index (χ2n) is 5.93. The molecule has 1 heterocycles. The van der Waals surface area contributed by atoms with Crippen LogP contribution in [0.4, 0.5) is 0 Å². The molecule has 0 aliphatic rings. The first-order chi connectivity index (χ1) is 11.0. The number of nitrogens with two attached hydrogens (primary N) is 1. The smallest absolute Gasteiger partial charge is 0.249 e. The van der Waals surface area contributed by atoms with Crippen LogP contribution >= 0.6 is 23.7 Å². The Kier molecular flexibility index (Phi) is 8.42.